The molecule has 0 radical (unpaired) electrons. The summed E-state index contributed by atoms with van der Waals surface area (Å²) in [6.45, 7) is 4.01. The predicted molar refractivity (Wildman–Crippen MR) is 71.4 cm³/mol. The predicted octanol–water partition coefficient (Wildman–Crippen LogP) is 0.589. The van der Waals surface area contributed by atoms with Crippen LogP contribution in [0, 0.1) is 12.8 Å². The van der Waals surface area contributed by atoms with Crippen LogP contribution in [0.25, 0.3) is 5.78 Å². The van der Waals surface area contributed by atoms with Crippen molar-refractivity contribution in [1.29, 1.82) is 0 Å². The normalized spacial score (nSPS) is 19.1. The molecule has 0 bridgehead atoms. The summed E-state index contributed by atoms with van der Waals surface area (Å²) in [6, 6.07) is 1.82. The number of amides is 1. The lowest BCUT2D eigenvalue weighted by Gasteiger charge is -2.21. The van der Waals surface area contributed by atoms with Crippen molar-refractivity contribution >= 4 is 11.7 Å². The van der Waals surface area contributed by atoms with Gasteiger partial charge in [-0.05, 0) is 31.7 Å². The summed E-state index contributed by atoms with van der Waals surface area (Å²) in [5.74, 6) is 0.862. The average Bonchev–Trinajstić information content (AvgIpc) is 2.89. The van der Waals surface area contributed by atoms with E-state index >= 15 is 0 Å². The van der Waals surface area contributed by atoms with E-state index in [9.17, 15) is 4.79 Å². The van der Waals surface area contributed by atoms with Gasteiger partial charge in [-0.1, -0.05) is 0 Å². The smallest absolute Gasteiger partial charge is 0.289 e. The number of fused-ring (bicyclic) bond motifs is 1. The van der Waals surface area contributed by atoms with Gasteiger partial charge in [-0.2, -0.15) is 0 Å². The lowest BCUT2D eigenvalue weighted by Crippen LogP contribution is -2.34. The largest absolute Gasteiger partial charge is 0.381 e. The average molecular weight is 275 g/mol. The minimum absolute atomic E-state index is 0.228. The van der Waals surface area contributed by atoms with Crippen LogP contribution in [-0.2, 0) is 4.74 Å². The highest BCUT2D eigenvalue weighted by atomic mass is 16.5. The van der Waals surface area contributed by atoms with E-state index in [1.165, 1.54) is 0 Å². The SMILES string of the molecule is Cc1ccn2c(C(=O)NCC3CCCOC3)nnc2n1. The van der Waals surface area contributed by atoms with Crippen LogP contribution in [0.2, 0.25) is 0 Å². The molecule has 2 aromatic heterocycles. The molecule has 1 saturated heterocycles. The number of nitrogens with zero attached hydrogens (tertiary/aromatic N) is 4. The summed E-state index contributed by atoms with van der Waals surface area (Å²) in [5.41, 5.74) is 0.844. The summed E-state index contributed by atoms with van der Waals surface area (Å²) in [7, 11) is 0. The van der Waals surface area contributed by atoms with E-state index in [1.54, 1.807) is 10.6 Å². The van der Waals surface area contributed by atoms with Gasteiger partial charge in [-0.15, -0.1) is 10.2 Å². The monoisotopic (exact) mass is 275 g/mol. The first kappa shape index (κ1) is 13.0. The zero-order valence-electron chi connectivity index (χ0n) is 11.4. The third kappa shape index (κ3) is 2.62. The molecule has 0 spiro atoms. The Hall–Kier alpha value is -2.02. The number of aryl methyl sites for hydroxylation is 1. The molecular formula is C13H17N5O2. The van der Waals surface area contributed by atoms with E-state index in [0.29, 0.717) is 24.8 Å². The van der Waals surface area contributed by atoms with Gasteiger partial charge in [0.25, 0.3) is 11.7 Å². The zero-order valence-corrected chi connectivity index (χ0v) is 11.4. The fraction of sp³-hybridized carbons (Fsp3) is 0.538. The molecule has 1 N–H and O–H groups in total. The second-order valence-electron chi connectivity index (χ2n) is 5.06. The van der Waals surface area contributed by atoms with E-state index in [-0.39, 0.29) is 11.7 Å². The Labute approximate surface area is 116 Å². The Morgan fingerprint density at radius 2 is 2.45 bits per heavy atom. The van der Waals surface area contributed by atoms with E-state index < -0.39 is 0 Å². The van der Waals surface area contributed by atoms with E-state index in [2.05, 4.69) is 20.5 Å². The maximum absolute atomic E-state index is 12.1. The highest BCUT2D eigenvalue weighted by Gasteiger charge is 2.18. The summed E-state index contributed by atoms with van der Waals surface area (Å²) in [4.78, 5) is 16.4. The number of rotatable bonds is 3. The molecule has 1 unspecified atom stereocenters. The van der Waals surface area contributed by atoms with Crippen LogP contribution >= 0.6 is 0 Å². The molecule has 3 rings (SSSR count). The minimum atomic E-state index is -0.228. The number of ether oxygens (including phenoxy) is 1. The van der Waals surface area contributed by atoms with E-state index in [1.807, 2.05) is 13.0 Å². The summed E-state index contributed by atoms with van der Waals surface area (Å²) in [6.07, 6.45) is 3.90. The Balaban J connectivity index is 1.69. The van der Waals surface area contributed by atoms with Crippen molar-refractivity contribution in [1.82, 2.24) is 24.9 Å². The van der Waals surface area contributed by atoms with Crippen LogP contribution in [-0.4, -0.2) is 45.2 Å². The van der Waals surface area contributed by atoms with Crippen molar-refractivity contribution in [3.63, 3.8) is 0 Å². The van der Waals surface area contributed by atoms with E-state index in [0.717, 1.165) is 25.1 Å². The molecular weight excluding hydrogens is 258 g/mol. The minimum Gasteiger partial charge on any atom is -0.381 e. The lowest BCUT2D eigenvalue weighted by molar-refractivity contribution is 0.0535. The Bertz CT molecular complexity index is 618. The third-order valence-corrected chi connectivity index (χ3v) is 3.43. The van der Waals surface area contributed by atoms with Crippen LogP contribution in [0.4, 0.5) is 0 Å². The number of nitrogens with one attached hydrogen (secondary N) is 1. The Kier molecular flexibility index (Phi) is 3.60. The second kappa shape index (κ2) is 5.54. The fourth-order valence-corrected chi connectivity index (χ4v) is 2.31. The molecule has 1 fully saturated rings. The van der Waals surface area contributed by atoms with Crippen LogP contribution in [0.1, 0.15) is 29.2 Å². The van der Waals surface area contributed by atoms with Gasteiger partial charge in [0, 0.05) is 25.0 Å². The standard InChI is InChI=1S/C13H17N5O2/c1-9-4-5-18-11(16-17-13(18)15-9)12(19)14-7-10-3-2-6-20-8-10/h4-5,10H,2-3,6-8H2,1H3,(H,14,19). The van der Waals surface area contributed by atoms with Gasteiger partial charge in [0.05, 0.1) is 6.61 Å². The van der Waals surface area contributed by atoms with Gasteiger partial charge in [-0.3, -0.25) is 9.20 Å². The molecule has 1 aliphatic rings. The molecule has 1 atom stereocenters. The number of hydrogen-bond donors (Lipinski definition) is 1. The molecule has 0 aromatic carbocycles. The number of carbonyl (C=O) groups is 1. The Morgan fingerprint density at radius 3 is 3.25 bits per heavy atom. The highest BCUT2D eigenvalue weighted by Crippen LogP contribution is 2.12. The number of aromatic nitrogens is 4. The quantitative estimate of drug-likeness (QED) is 0.886. The van der Waals surface area contributed by atoms with Gasteiger partial charge in [0.2, 0.25) is 5.82 Å². The van der Waals surface area contributed by atoms with Crippen molar-refractivity contribution in [3.8, 4) is 0 Å². The van der Waals surface area contributed by atoms with Gasteiger partial charge in [0.1, 0.15) is 0 Å². The van der Waals surface area contributed by atoms with Crippen molar-refractivity contribution in [2.75, 3.05) is 19.8 Å². The van der Waals surface area contributed by atoms with Crippen molar-refractivity contribution < 1.29 is 9.53 Å². The fourth-order valence-electron chi connectivity index (χ4n) is 2.31. The van der Waals surface area contributed by atoms with Gasteiger partial charge in [-0.25, -0.2) is 4.98 Å². The van der Waals surface area contributed by atoms with Crippen molar-refractivity contribution in [2.24, 2.45) is 5.92 Å². The molecule has 20 heavy (non-hydrogen) atoms. The maximum atomic E-state index is 12.1. The molecule has 7 heteroatoms. The number of hydrogen-bond acceptors (Lipinski definition) is 5. The topological polar surface area (TPSA) is 81.4 Å². The second-order valence-corrected chi connectivity index (χ2v) is 5.06. The lowest BCUT2D eigenvalue weighted by atomic mass is 10.0. The molecule has 106 valence electrons. The first-order valence-corrected chi connectivity index (χ1v) is 6.78. The van der Waals surface area contributed by atoms with Crippen molar-refractivity contribution in [2.45, 2.75) is 19.8 Å². The molecule has 3 heterocycles. The number of carbonyl (C=O) groups excluding carboxylic acids is 1. The van der Waals surface area contributed by atoms with Crippen LogP contribution in [0.3, 0.4) is 0 Å². The molecule has 7 nitrogen and oxygen atoms in total. The van der Waals surface area contributed by atoms with Crippen LogP contribution in [0.15, 0.2) is 12.3 Å². The molecule has 1 amide bonds. The summed E-state index contributed by atoms with van der Waals surface area (Å²) >= 11 is 0. The zero-order chi connectivity index (χ0) is 13.9. The highest BCUT2D eigenvalue weighted by molar-refractivity contribution is 5.91. The van der Waals surface area contributed by atoms with Gasteiger partial charge in [0.15, 0.2) is 0 Å². The summed E-state index contributed by atoms with van der Waals surface area (Å²) < 4.78 is 6.99. The molecule has 0 aliphatic carbocycles. The van der Waals surface area contributed by atoms with Gasteiger partial charge < -0.3 is 10.1 Å². The first-order chi connectivity index (χ1) is 9.74. The van der Waals surface area contributed by atoms with E-state index in [4.69, 9.17) is 4.74 Å². The summed E-state index contributed by atoms with van der Waals surface area (Å²) in [5, 5.41) is 10.7. The van der Waals surface area contributed by atoms with Crippen LogP contribution < -0.4 is 5.32 Å². The third-order valence-electron chi connectivity index (χ3n) is 3.43. The van der Waals surface area contributed by atoms with Crippen LogP contribution in [0.5, 0.6) is 0 Å². The first-order valence-electron chi connectivity index (χ1n) is 6.78. The maximum Gasteiger partial charge on any atom is 0.289 e. The van der Waals surface area contributed by atoms with Gasteiger partial charge >= 0.3 is 0 Å². The molecule has 2 aromatic rings. The van der Waals surface area contributed by atoms with Crippen molar-refractivity contribution in [3.05, 3.63) is 23.8 Å². The molecule has 1 aliphatic heterocycles. The molecule has 0 saturated carbocycles. The Morgan fingerprint density at radius 1 is 1.55 bits per heavy atom.